The van der Waals surface area contributed by atoms with E-state index in [1.165, 1.54) is 11.1 Å². The molecule has 2 aliphatic rings. The molecule has 1 aliphatic heterocycles. The minimum Gasteiger partial charge on any atom is -0.391 e. The van der Waals surface area contributed by atoms with Gasteiger partial charge in [-0.25, -0.2) is 4.98 Å². The molecule has 7 nitrogen and oxygen atoms in total. The van der Waals surface area contributed by atoms with Crippen molar-refractivity contribution in [1.82, 2.24) is 24.6 Å². The third-order valence-electron chi connectivity index (χ3n) is 6.39. The van der Waals surface area contributed by atoms with Crippen LogP contribution in [0, 0.1) is 11.8 Å². The highest BCUT2D eigenvalue weighted by Crippen LogP contribution is 2.37. The number of likely N-dealkylation sites (tertiary alicyclic amines) is 1. The van der Waals surface area contributed by atoms with Crippen LogP contribution < -0.4 is 5.32 Å². The first kappa shape index (κ1) is 19.2. The van der Waals surface area contributed by atoms with Gasteiger partial charge in [-0.15, -0.1) is 0 Å². The van der Waals surface area contributed by atoms with Crippen LogP contribution in [0.1, 0.15) is 24.0 Å². The van der Waals surface area contributed by atoms with Crippen molar-refractivity contribution in [3.8, 4) is 0 Å². The Hall–Kier alpha value is -2.77. The summed E-state index contributed by atoms with van der Waals surface area (Å²) in [7, 11) is 0. The van der Waals surface area contributed by atoms with Crippen LogP contribution in [-0.4, -0.2) is 55.0 Å². The summed E-state index contributed by atoms with van der Waals surface area (Å²) in [5, 5.41) is 18.6. The molecule has 3 heterocycles. The van der Waals surface area contributed by atoms with Gasteiger partial charge in [0.15, 0.2) is 0 Å². The van der Waals surface area contributed by atoms with Gasteiger partial charge in [0.2, 0.25) is 0 Å². The summed E-state index contributed by atoms with van der Waals surface area (Å²) in [6.45, 7) is 3.83. The van der Waals surface area contributed by atoms with Crippen molar-refractivity contribution in [3.05, 3.63) is 72.4 Å². The number of nitrogens with one attached hydrogen (secondary N) is 1. The molecule has 2 fully saturated rings. The lowest BCUT2D eigenvalue weighted by atomic mass is 9.77. The second-order valence-corrected chi connectivity index (χ2v) is 8.63. The van der Waals surface area contributed by atoms with Crippen LogP contribution in [0.2, 0.25) is 0 Å². The molecule has 30 heavy (non-hydrogen) atoms. The van der Waals surface area contributed by atoms with Crippen molar-refractivity contribution in [2.45, 2.75) is 38.1 Å². The predicted octanol–water partition coefficient (Wildman–Crippen LogP) is 2.40. The molecule has 1 saturated carbocycles. The second-order valence-electron chi connectivity index (χ2n) is 8.63. The third-order valence-corrected chi connectivity index (χ3v) is 6.39. The van der Waals surface area contributed by atoms with Crippen LogP contribution in [0.5, 0.6) is 0 Å². The zero-order valence-corrected chi connectivity index (χ0v) is 17.0. The van der Waals surface area contributed by atoms with Crippen molar-refractivity contribution in [2.75, 3.05) is 18.4 Å². The fourth-order valence-corrected chi connectivity index (χ4v) is 4.98. The molecule has 0 unspecified atom stereocenters. The first-order valence-corrected chi connectivity index (χ1v) is 10.7. The van der Waals surface area contributed by atoms with Gasteiger partial charge < -0.3 is 10.4 Å². The normalized spacial score (nSPS) is 26.4. The van der Waals surface area contributed by atoms with Crippen LogP contribution in [0.15, 0.2) is 61.3 Å². The number of rotatable bonds is 6. The van der Waals surface area contributed by atoms with E-state index >= 15 is 0 Å². The number of benzene rings is 1. The zero-order valence-electron chi connectivity index (χ0n) is 17.0. The monoisotopic (exact) mass is 404 g/mol. The summed E-state index contributed by atoms with van der Waals surface area (Å²) in [6, 6.07) is 10.5. The van der Waals surface area contributed by atoms with E-state index in [0.717, 1.165) is 44.8 Å². The Labute approximate surface area is 176 Å². The molecule has 1 aromatic carbocycles. The van der Waals surface area contributed by atoms with Crippen molar-refractivity contribution in [2.24, 2.45) is 11.8 Å². The third kappa shape index (κ3) is 4.37. The topological polar surface area (TPSA) is 79.1 Å². The fourth-order valence-electron chi connectivity index (χ4n) is 4.98. The average Bonchev–Trinajstić information content (AvgIpc) is 3.36. The largest absolute Gasteiger partial charge is 0.391 e. The fraction of sp³-hybridized carbons (Fsp3) is 0.435. The Kier molecular flexibility index (Phi) is 5.46. The minimum absolute atomic E-state index is 0.0384. The van der Waals surface area contributed by atoms with Gasteiger partial charge in [0.25, 0.3) is 0 Å². The van der Waals surface area contributed by atoms with Crippen LogP contribution >= 0.6 is 0 Å². The summed E-state index contributed by atoms with van der Waals surface area (Å²) in [5.41, 5.74) is 2.51. The number of nitrogens with zero attached hydrogens (tertiary/aromatic N) is 5. The van der Waals surface area contributed by atoms with Gasteiger partial charge in [-0.05, 0) is 30.2 Å². The molecule has 0 amide bonds. The minimum atomic E-state index is -0.346. The molecule has 7 heteroatoms. The second kappa shape index (κ2) is 8.53. The Morgan fingerprint density at radius 2 is 1.80 bits per heavy atom. The lowest BCUT2D eigenvalue weighted by Gasteiger charge is -2.35. The van der Waals surface area contributed by atoms with E-state index in [1.54, 1.807) is 18.6 Å². The lowest BCUT2D eigenvalue weighted by molar-refractivity contribution is 0.0735. The van der Waals surface area contributed by atoms with Gasteiger partial charge in [0.1, 0.15) is 5.82 Å². The average molecular weight is 405 g/mol. The Bertz CT molecular complexity index is 947. The molecular formula is C23H28N6O. The molecule has 156 valence electrons. The molecule has 0 spiro atoms. The first-order valence-electron chi connectivity index (χ1n) is 10.7. The van der Waals surface area contributed by atoms with E-state index in [1.807, 2.05) is 16.9 Å². The van der Waals surface area contributed by atoms with Crippen molar-refractivity contribution in [1.29, 1.82) is 0 Å². The van der Waals surface area contributed by atoms with E-state index in [0.29, 0.717) is 11.8 Å². The molecule has 1 saturated heterocycles. The number of aromatic nitrogens is 4. The van der Waals surface area contributed by atoms with Gasteiger partial charge in [0, 0.05) is 43.8 Å². The summed E-state index contributed by atoms with van der Waals surface area (Å²) < 4.78 is 2.01. The Balaban J connectivity index is 1.17. The van der Waals surface area contributed by atoms with E-state index in [-0.39, 0.29) is 12.1 Å². The maximum absolute atomic E-state index is 10.7. The summed E-state index contributed by atoms with van der Waals surface area (Å²) in [5.74, 6) is 1.89. The summed E-state index contributed by atoms with van der Waals surface area (Å²) in [6.07, 6.45) is 10.7. The van der Waals surface area contributed by atoms with Gasteiger partial charge >= 0.3 is 0 Å². The van der Waals surface area contributed by atoms with Gasteiger partial charge in [0.05, 0.1) is 31.1 Å². The quantitative estimate of drug-likeness (QED) is 0.657. The maximum atomic E-state index is 10.7. The predicted molar refractivity (Wildman–Crippen MR) is 115 cm³/mol. The molecule has 0 bridgehead atoms. The summed E-state index contributed by atoms with van der Waals surface area (Å²) >= 11 is 0. The number of aliphatic hydroxyl groups excluding tert-OH is 1. The number of hydrogen-bond acceptors (Lipinski definition) is 6. The summed E-state index contributed by atoms with van der Waals surface area (Å²) in [4.78, 5) is 10.9. The van der Waals surface area contributed by atoms with E-state index in [2.05, 4.69) is 55.7 Å². The lowest BCUT2D eigenvalue weighted by Crippen LogP contribution is -2.43. The van der Waals surface area contributed by atoms with E-state index < -0.39 is 0 Å². The van der Waals surface area contributed by atoms with Gasteiger partial charge in [-0.2, -0.15) is 5.10 Å². The highest BCUT2D eigenvalue weighted by atomic mass is 16.3. The highest BCUT2D eigenvalue weighted by molar-refractivity contribution is 5.32. The van der Waals surface area contributed by atoms with E-state index in [9.17, 15) is 5.11 Å². The molecule has 2 N–H and O–H groups in total. The van der Waals surface area contributed by atoms with Gasteiger partial charge in [-0.1, -0.05) is 30.3 Å². The highest BCUT2D eigenvalue weighted by Gasteiger charge is 2.41. The molecular weight excluding hydrogens is 376 g/mol. The van der Waals surface area contributed by atoms with Crippen LogP contribution in [0.4, 0.5) is 5.82 Å². The number of fused-ring (bicyclic) bond motifs is 1. The number of anilines is 1. The molecule has 4 atom stereocenters. The van der Waals surface area contributed by atoms with Crippen molar-refractivity contribution < 1.29 is 5.11 Å². The smallest absolute Gasteiger partial charge is 0.144 e. The van der Waals surface area contributed by atoms with Crippen molar-refractivity contribution >= 4 is 5.82 Å². The molecule has 0 radical (unpaired) electrons. The van der Waals surface area contributed by atoms with Crippen LogP contribution in [-0.2, 0) is 13.1 Å². The zero-order chi connectivity index (χ0) is 20.3. The molecule has 3 aromatic rings. The Morgan fingerprint density at radius 1 is 0.967 bits per heavy atom. The Morgan fingerprint density at radius 3 is 2.60 bits per heavy atom. The number of hydrogen-bond donors (Lipinski definition) is 2. The molecule has 5 rings (SSSR count). The van der Waals surface area contributed by atoms with Gasteiger partial charge in [-0.3, -0.25) is 14.6 Å². The first-order chi connectivity index (χ1) is 14.7. The number of aliphatic hydroxyl groups is 1. The molecule has 2 aromatic heterocycles. The van der Waals surface area contributed by atoms with Crippen LogP contribution in [0.25, 0.3) is 0 Å². The SMILES string of the molecule is O[C@@H]1C[C@H]2CN(Cc3cnn(Cc4ccccc4)c3)C[C@H]2C[C@H]1Nc1cnccn1. The van der Waals surface area contributed by atoms with E-state index in [4.69, 9.17) is 0 Å². The van der Waals surface area contributed by atoms with Crippen LogP contribution in [0.3, 0.4) is 0 Å². The van der Waals surface area contributed by atoms with Crippen molar-refractivity contribution in [3.63, 3.8) is 0 Å². The molecule has 1 aliphatic carbocycles. The maximum Gasteiger partial charge on any atom is 0.144 e. The standard InChI is InChI=1S/C23H28N6O/c30-22-9-20-16-28(15-19(20)8-21(22)27-23-11-24-6-7-25-23)12-18-10-26-29(14-18)13-17-4-2-1-3-5-17/h1-7,10-11,14,19-22,30H,8-9,12-13,15-16H2,(H,25,27)/t19-,20+,21-,22-/m1/s1.